The minimum atomic E-state index is -1.30. The molecule has 1 fully saturated rings. The van der Waals surface area contributed by atoms with Crippen LogP contribution in [0, 0.1) is 0 Å². The first-order valence-corrected chi connectivity index (χ1v) is 8.32. The zero-order valence-corrected chi connectivity index (χ0v) is 15.0. The van der Waals surface area contributed by atoms with Crippen LogP contribution in [0.2, 0.25) is 0 Å². The summed E-state index contributed by atoms with van der Waals surface area (Å²) in [5.41, 5.74) is -0.919. The number of fused-ring (bicyclic) bond motifs is 1. The zero-order chi connectivity index (χ0) is 20.1. The van der Waals surface area contributed by atoms with Gasteiger partial charge in [0.1, 0.15) is 17.4 Å². The molecule has 5 amide bonds. The van der Waals surface area contributed by atoms with Crippen molar-refractivity contribution in [2.45, 2.75) is 45.3 Å². The van der Waals surface area contributed by atoms with Crippen LogP contribution in [0.3, 0.4) is 0 Å². The van der Waals surface area contributed by atoms with Gasteiger partial charge in [-0.3, -0.25) is 24.1 Å². The number of rotatable bonds is 1. The number of nitrogens with zero attached hydrogens (tertiary/aromatic N) is 2. The van der Waals surface area contributed by atoms with E-state index in [1.807, 2.05) is 0 Å². The Labute approximate surface area is 154 Å². The third-order valence-electron chi connectivity index (χ3n) is 4.18. The largest absolute Gasteiger partial charge is 0.508 e. The summed E-state index contributed by atoms with van der Waals surface area (Å²) in [5.74, 6) is -3.41. The maximum atomic E-state index is 12.8. The second-order valence-corrected chi connectivity index (χ2v) is 7.31. The minimum Gasteiger partial charge on any atom is -0.508 e. The Morgan fingerprint density at radius 2 is 1.74 bits per heavy atom. The predicted octanol–water partition coefficient (Wildman–Crippen LogP) is 1.44. The lowest BCUT2D eigenvalue weighted by atomic mass is 10.0. The number of amides is 5. The first-order chi connectivity index (χ1) is 12.5. The summed E-state index contributed by atoms with van der Waals surface area (Å²) in [5, 5.41) is 9.54. The Morgan fingerprint density at radius 3 is 2.37 bits per heavy atom. The molecule has 9 heteroatoms. The van der Waals surface area contributed by atoms with Crippen molar-refractivity contribution < 1.29 is 33.8 Å². The molecule has 0 radical (unpaired) electrons. The number of likely N-dealkylation sites (tertiary alicyclic amines) is 1. The van der Waals surface area contributed by atoms with Gasteiger partial charge < -0.3 is 9.84 Å². The molecule has 9 nitrogen and oxygen atoms in total. The Hall–Kier alpha value is -3.23. The van der Waals surface area contributed by atoms with Crippen LogP contribution in [0.15, 0.2) is 18.2 Å². The van der Waals surface area contributed by atoms with Crippen LogP contribution in [0.5, 0.6) is 5.75 Å². The number of phenols is 1. The van der Waals surface area contributed by atoms with Gasteiger partial charge in [0.25, 0.3) is 17.7 Å². The molecule has 1 atom stereocenters. The number of imide groups is 4. The van der Waals surface area contributed by atoms with E-state index in [1.165, 1.54) is 12.1 Å². The SMILES string of the molecule is CC(C)(C)OC(=O)N1C(=O)CCC(N2C(=O)c3ccc(O)cc3C2=O)C1=O. The Kier molecular flexibility index (Phi) is 4.25. The molecule has 27 heavy (non-hydrogen) atoms. The van der Waals surface area contributed by atoms with Gasteiger partial charge in [0.05, 0.1) is 11.1 Å². The van der Waals surface area contributed by atoms with Crippen molar-refractivity contribution in [2.75, 3.05) is 0 Å². The molecule has 1 unspecified atom stereocenters. The highest BCUT2D eigenvalue weighted by Crippen LogP contribution is 2.31. The van der Waals surface area contributed by atoms with Crippen molar-refractivity contribution in [1.82, 2.24) is 9.80 Å². The number of piperidine rings is 1. The fourth-order valence-corrected chi connectivity index (χ4v) is 3.04. The van der Waals surface area contributed by atoms with Gasteiger partial charge in [-0.2, -0.15) is 4.90 Å². The lowest BCUT2D eigenvalue weighted by Gasteiger charge is -2.34. The van der Waals surface area contributed by atoms with E-state index in [-0.39, 0.29) is 29.7 Å². The van der Waals surface area contributed by atoms with Gasteiger partial charge in [-0.15, -0.1) is 0 Å². The van der Waals surface area contributed by atoms with Crippen LogP contribution >= 0.6 is 0 Å². The van der Waals surface area contributed by atoms with Crippen molar-refractivity contribution >= 4 is 29.7 Å². The fraction of sp³-hybridized carbons (Fsp3) is 0.389. The Balaban J connectivity index is 1.91. The molecule has 0 saturated carbocycles. The highest BCUT2D eigenvalue weighted by molar-refractivity contribution is 6.24. The van der Waals surface area contributed by atoms with Crippen LogP contribution < -0.4 is 0 Å². The molecule has 1 saturated heterocycles. The van der Waals surface area contributed by atoms with Crippen LogP contribution in [-0.2, 0) is 14.3 Å². The summed E-state index contributed by atoms with van der Waals surface area (Å²) in [6.45, 7) is 4.74. The van der Waals surface area contributed by atoms with Gasteiger partial charge in [0.15, 0.2) is 0 Å². The van der Waals surface area contributed by atoms with Gasteiger partial charge in [-0.05, 0) is 45.4 Å². The van der Waals surface area contributed by atoms with Gasteiger partial charge in [-0.1, -0.05) is 0 Å². The van der Waals surface area contributed by atoms with E-state index >= 15 is 0 Å². The van der Waals surface area contributed by atoms with Gasteiger partial charge in [0.2, 0.25) is 5.91 Å². The highest BCUT2D eigenvalue weighted by Gasteiger charge is 2.49. The molecule has 2 aliphatic rings. The first kappa shape index (κ1) is 18.6. The number of aromatic hydroxyl groups is 1. The lowest BCUT2D eigenvalue weighted by Crippen LogP contribution is -2.58. The summed E-state index contributed by atoms with van der Waals surface area (Å²) < 4.78 is 5.08. The normalized spacial score (nSPS) is 20.2. The number of hydrogen-bond acceptors (Lipinski definition) is 7. The summed E-state index contributed by atoms with van der Waals surface area (Å²) in [6.07, 6.45) is -1.43. The maximum Gasteiger partial charge on any atom is 0.424 e. The second kappa shape index (κ2) is 6.19. The third-order valence-corrected chi connectivity index (χ3v) is 4.18. The van der Waals surface area contributed by atoms with Crippen LogP contribution in [0.1, 0.15) is 54.3 Å². The number of phenolic OH excluding ortho intramolecular Hbond substituents is 1. The van der Waals surface area contributed by atoms with Gasteiger partial charge in [0, 0.05) is 6.42 Å². The number of benzene rings is 1. The third kappa shape index (κ3) is 3.16. The van der Waals surface area contributed by atoms with Crippen molar-refractivity contribution in [3.8, 4) is 5.75 Å². The highest BCUT2D eigenvalue weighted by atomic mass is 16.6. The van der Waals surface area contributed by atoms with E-state index in [0.717, 1.165) is 11.0 Å². The average molecular weight is 374 g/mol. The molecule has 2 aliphatic heterocycles. The lowest BCUT2D eigenvalue weighted by molar-refractivity contribution is -0.149. The zero-order valence-electron chi connectivity index (χ0n) is 15.0. The summed E-state index contributed by atoms with van der Waals surface area (Å²) in [7, 11) is 0. The van der Waals surface area contributed by atoms with Crippen molar-refractivity contribution in [3.63, 3.8) is 0 Å². The standard InChI is InChI=1S/C18H18N2O7/c1-18(2,3)27-17(26)20-13(22)7-6-12(16(20)25)19-14(23)10-5-4-9(21)8-11(10)15(19)24/h4-5,8,12,21H,6-7H2,1-3H3. The Bertz CT molecular complexity index is 884. The number of carbonyl (C=O) groups is 5. The summed E-state index contributed by atoms with van der Waals surface area (Å²) in [4.78, 5) is 63.4. The number of hydrogen-bond donors (Lipinski definition) is 1. The van der Waals surface area contributed by atoms with Crippen LogP contribution in [-0.4, -0.2) is 56.3 Å². The quantitative estimate of drug-likeness (QED) is 0.738. The second-order valence-electron chi connectivity index (χ2n) is 7.31. The molecular formula is C18H18N2O7. The molecule has 1 aromatic rings. The predicted molar refractivity (Wildman–Crippen MR) is 89.7 cm³/mol. The molecule has 1 aromatic carbocycles. The van der Waals surface area contributed by atoms with E-state index in [4.69, 9.17) is 4.74 Å². The smallest absolute Gasteiger partial charge is 0.424 e. The molecule has 0 spiro atoms. The van der Waals surface area contributed by atoms with Gasteiger partial charge in [-0.25, -0.2) is 4.79 Å². The maximum absolute atomic E-state index is 12.8. The fourth-order valence-electron chi connectivity index (χ4n) is 3.04. The monoisotopic (exact) mass is 374 g/mol. The topological polar surface area (TPSA) is 121 Å². The summed E-state index contributed by atoms with van der Waals surface area (Å²) >= 11 is 0. The molecule has 0 aliphatic carbocycles. The van der Waals surface area contributed by atoms with Crippen molar-refractivity contribution in [2.24, 2.45) is 0 Å². The van der Waals surface area contributed by atoms with E-state index in [9.17, 15) is 29.1 Å². The molecule has 142 valence electrons. The summed E-state index contributed by atoms with van der Waals surface area (Å²) in [6, 6.07) is 2.38. The van der Waals surface area contributed by atoms with E-state index < -0.39 is 41.4 Å². The van der Waals surface area contributed by atoms with E-state index in [0.29, 0.717) is 4.90 Å². The van der Waals surface area contributed by atoms with Gasteiger partial charge >= 0.3 is 6.09 Å². The Morgan fingerprint density at radius 1 is 1.11 bits per heavy atom. The van der Waals surface area contributed by atoms with E-state index in [1.54, 1.807) is 20.8 Å². The molecular weight excluding hydrogens is 356 g/mol. The van der Waals surface area contributed by atoms with Crippen LogP contribution in [0.4, 0.5) is 4.79 Å². The molecule has 3 rings (SSSR count). The molecule has 0 bridgehead atoms. The first-order valence-electron chi connectivity index (χ1n) is 8.32. The van der Waals surface area contributed by atoms with E-state index in [2.05, 4.69) is 0 Å². The van der Waals surface area contributed by atoms with Crippen LogP contribution in [0.25, 0.3) is 0 Å². The average Bonchev–Trinajstić information content (AvgIpc) is 2.77. The molecule has 1 N–H and O–H groups in total. The molecule has 2 heterocycles. The molecule has 0 aromatic heterocycles. The minimum absolute atomic E-state index is 0.0338. The number of carbonyl (C=O) groups excluding carboxylic acids is 5. The number of ether oxygens (including phenoxy) is 1. The van der Waals surface area contributed by atoms with Crippen molar-refractivity contribution in [3.05, 3.63) is 29.3 Å². The van der Waals surface area contributed by atoms with Crippen molar-refractivity contribution in [1.29, 1.82) is 0 Å².